The third kappa shape index (κ3) is 3.54. The highest BCUT2D eigenvalue weighted by molar-refractivity contribution is 7.23. The van der Waals surface area contributed by atoms with Gasteiger partial charge in [0.05, 0.1) is 42.0 Å². The molecule has 1 saturated heterocycles. The quantitative estimate of drug-likeness (QED) is 0.395. The molecule has 1 aliphatic carbocycles. The lowest BCUT2D eigenvalue weighted by molar-refractivity contribution is 0.111. The number of likely N-dealkylation sites (tertiary alicyclic amines) is 1. The van der Waals surface area contributed by atoms with Gasteiger partial charge in [0.25, 0.3) is 0 Å². The number of nitriles is 1. The van der Waals surface area contributed by atoms with Gasteiger partial charge in [0.1, 0.15) is 16.6 Å². The molecule has 3 aromatic heterocycles. The maximum atomic E-state index is 16.3. The number of aromatic nitrogens is 3. The number of pyridine rings is 1. The number of anilines is 1. The number of ether oxygens (including phenoxy) is 2. The summed E-state index contributed by atoms with van der Waals surface area (Å²) in [7, 11) is 0. The highest BCUT2D eigenvalue weighted by atomic mass is 32.1. The van der Waals surface area contributed by atoms with E-state index in [0.717, 1.165) is 55.6 Å². The molecular weight excluding hydrogens is 498 g/mol. The van der Waals surface area contributed by atoms with Gasteiger partial charge in [-0.25, -0.2) is 13.8 Å². The second-order valence-corrected chi connectivity index (χ2v) is 11.1. The van der Waals surface area contributed by atoms with Crippen LogP contribution in [0, 0.1) is 28.4 Å². The Labute approximate surface area is 214 Å². The van der Waals surface area contributed by atoms with E-state index in [1.807, 2.05) is 6.07 Å². The average Bonchev–Trinajstić information content (AvgIpc) is 3.31. The van der Waals surface area contributed by atoms with Crippen LogP contribution < -0.4 is 10.5 Å². The number of rotatable bonds is 6. The van der Waals surface area contributed by atoms with Crippen molar-refractivity contribution in [3.05, 3.63) is 40.7 Å². The van der Waals surface area contributed by atoms with Crippen LogP contribution >= 0.6 is 11.3 Å². The number of halogens is 2. The van der Waals surface area contributed by atoms with Crippen molar-refractivity contribution < 1.29 is 18.3 Å². The number of benzene rings is 1. The van der Waals surface area contributed by atoms with Crippen molar-refractivity contribution in [1.82, 2.24) is 19.9 Å². The number of nitrogens with two attached hydrogens (primary N) is 1. The number of hydrogen-bond acceptors (Lipinski definition) is 9. The molecule has 4 aromatic rings. The zero-order valence-electron chi connectivity index (χ0n) is 19.8. The van der Waals surface area contributed by atoms with Crippen molar-refractivity contribution >= 4 is 37.3 Å². The number of hydrogen-bond donors (Lipinski definition) is 1. The van der Waals surface area contributed by atoms with Gasteiger partial charge in [0.15, 0.2) is 11.6 Å². The van der Waals surface area contributed by atoms with Crippen LogP contribution in [0.4, 0.5) is 13.8 Å². The molecule has 7 rings (SSSR count). The molecule has 188 valence electrons. The largest absolute Gasteiger partial charge is 0.463 e. The number of fused-ring (bicyclic) bond motifs is 4. The Morgan fingerprint density at radius 1 is 1.19 bits per heavy atom. The molecule has 5 heterocycles. The summed E-state index contributed by atoms with van der Waals surface area (Å²) in [4.78, 5) is 15.5. The molecule has 8 nitrogen and oxygen atoms in total. The van der Waals surface area contributed by atoms with Gasteiger partial charge in [-0.3, -0.25) is 4.98 Å². The maximum Gasteiger partial charge on any atom is 0.317 e. The van der Waals surface area contributed by atoms with E-state index < -0.39 is 11.6 Å². The Bertz CT molecular complexity index is 1640. The van der Waals surface area contributed by atoms with Crippen LogP contribution in [0.5, 0.6) is 6.01 Å². The maximum absolute atomic E-state index is 16.3. The molecule has 11 heteroatoms. The molecule has 0 unspecified atom stereocenters. The zero-order valence-corrected chi connectivity index (χ0v) is 20.6. The lowest BCUT2D eigenvalue weighted by Crippen LogP contribution is -2.42. The van der Waals surface area contributed by atoms with Gasteiger partial charge in [-0.15, -0.1) is 11.3 Å². The van der Waals surface area contributed by atoms with Crippen LogP contribution in [0.15, 0.2) is 12.4 Å². The lowest BCUT2D eigenvalue weighted by atomic mass is 9.94. The van der Waals surface area contributed by atoms with Gasteiger partial charge in [-0.2, -0.15) is 10.2 Å². The molecular formula is C26H22F2N6O2S. The minimum atomic E-state index is -0.637. The fourth-order valence-electron chi connectivity index (χ4n) is 5.36. The summed E-state index contributed by atoms with van der Waals surface area (Å²) >= 11 is 0.946. The Hall–Kier alpha value is -3.46. The SMILES string of the molecule is N#Cc1c(N)sc2c(F)cnc(-c3c4c(c5cnc(OCC6(CN7CCC7)CC6)nc5c3F)COC4)c12. The van der Waals surface area contributed by atoms with Gasteiger partial charge >= 0.3 is 6.01 Å². The summed E-state index contributed by atoms with van der Waals surface area (Å²) in [6.07, 6.45) is 6.03. The van der Waals surface area contributed by atoms with E-state index in [1.165, 1.54) is 6.42 Å². The molecule has 1 aromatic carbocycles. The number of thiophene rings is 1. The highest BCUT2D eigenvalue weighted by Crippen LogP contribution is 2.48. The first-order valence-electron chi connectivity index (χ1n) is 12.2. The Morgan fingerprint density at radius 2 is 2.00 bits per heavy atom. The van der Waals surface area contributed by atoms with Crippen molar-refractivity contribution in [1.29, 1.82) is 5.26 Å². The molecule has 0 spiro atoms. The van der Waals surface area contributed by atoms with Crippen LogP contribution in [0.1, 0.15) is 36.0 Å². The summed E-state index contributed by atoms with van der Waals surface area (Å²) in [5.74, 6) is -1.25. The van der Waals surface area contributed by atoms with Crippen LogP contribution in [-0.4, -0.2) is 46.1 Å². The van der Waals surface area contributed by atoms with Gasteiger partial charge in [-0.1, -0.05) is 0 Å². The van der Waals surface area contributed by atoms with Crippen molar-refractivity contribution in [2.45, 2.75) is 32.5 Å². The van der Waals surface area contributed by atoms with Crippen molar-refractivity contribution in [3.8, 4) is 23.3 Å². The Balaban J connectivity index is 1.34. The summed E-state index contributed by atoms with van der Waals surface area (Å²) in [6, 6.07) is 2.14. The van der Waals surface area contributed by atoms with E-state index in [-0.39, 0.29) is 62.1 Å². The lowest BCUT2D eigenvalue weighted by Gasteiger charge is -2.34. The van der Waals surface area contributed by atoms with E-state index in [9.17, 15) is 9.65 Å². The van der Waals surface area contributed by atoms with Crippen molar-refractivity contribution in [2.24, 2.45) is 5.41 Å². The molecule has 0 atom stereocenters. The normalized spacial score (nSPS) is 18.1. The molecule has 2 aliphatic heterocycles. The van der Waals surface area contributed by atoms with E-state index in [4.69, 9.17) is 15.2 Å². The zero-order chi connectivity index (χ0) is 25.3. The first-order valence-corrected chi connectivity index (χ1v) is 13.0. The molecule has 2 N–H and O–H groups in total. The van der Waals surface area contributed by atoms with E-state index in [0.29, 0.717) is 17.6 Å². The fourth-order valence-corrected chi connectivity index (χ4v) is 6.28. The molecule has 3 aliphatic rings. The van der Waals surface area contributed by atoms with Crippen molar-refractivity contribution in [2.75, 3.05) is 32.0 Å². The molecule has 1 saturated carbocycles. The first-order chi connectivity index (χ1) is 18.0. The van der Waals surface area contributed by atoms with E-state index in [2.05, 4.69) is 19.9 Å². The predicted octanol–water partition coefficient (Wildman–Crippen LogP) is 4.53. The first kappa shape index (κ1) is 22.7. The minimum Gasteiger partial charge on any atom is -0.463 e. The highest BCUT2D eigenvalue weighted by Gasteiger charge is 2.45. The Kier molecular flexibility index (Phi) is 5.08. The van der Waals surface area contributed by atoms with Gasteiger partial charge in [0.2, 0.25) is 0 Å². The smallest absolute Gasteiger partial charge is 0.317 e. The third-order valence-corrected chi connectivity index (χ3v) is 8.72. The van der Waals surface area contributed by atoms with Crippen LogP contribution in [0.25, 0.3) is 32.2 Å². The van der Waals surface area contributed by atoms with Gasteiger partial charge < -0.3 is 20.1 Å². The number of nitrogen functional groups attached to an aromatic ring is 1. The third-order valence-electron chi connectivity index (χ3n) is 7.70. The molecule has 0 bridgehead atoms. The molecule has 37 heavy (non-hydrogen) atoms. The van der Waals surface area contributed by atoms with E-state index >= 15 is 4.39 Å². The fraction of sp³-hybridized carbons (Fsp3) is 0.385. The average molecular weight is 521 g/mol. The minimum absolute atomic E-state index is 0.0813. The summed E-state index contributed by atoms with van der Waals surface area (Å²) in [5.41, 5.74) is 7.90. The second kappa shape index (κ2) is 8.28. The predicted molar refractivity (Wildman–Crippen MR) is 134 cm³/mol. The second-order valence-electron chi connectivity index (χ2n) is 10.1. The summed E-state index contributed by atoms with van der Waals surface area (Å²) in [5, 5.41) is 10.6. The van der Waals surface area contributed by atoms with Crippen LogP contribution in [0.3, 0.4) is 0 Å². The summed E-state index contributed by atoms with van der Waals surface area (Å²) < 4.78 is 42.8. The Morgan fingerprint density at radius 3 is 2.73 bits per heavy atom. The van der Waals surface area contributed by atoms with Gasteiger partial charge in [0, 0.05) is 34.5 Å². The standard InChI is InChI=1S/C26H22F2N6O2S/c27-17-8-31-22(19-13(6-29)24(30)37-23(17)19)18-16-10-35-9-15(16)14-7-32-25(33-21(14)20(18)28)36-12-26(2-3-26)11-34-4-1-5-34/h7-8H,1-5,9-12,30H2. The summed E-state index contributed by atoms with van der Waals surface area (Å²) in [6.45, 7) is 4.14. The monoisotopic (exact) mass is 520 g/mol. The van der Waals surface area contributed by atoms with Crippen LogP contribution in [-0.2, 0) is 18.0 Å². The number of nitrogens with zero attached hydrogens (tertiary/aromatic N) is 5. The van der Waals surface area contributed by atoms with Gasteiger partial charge in [-0.05, 0) is 43.5 Å². The molecule has 2 fully saturated rings. The molecule has 0 radical (unpaired) electrons. The topological polar surface area (TPSA) is 110 Å². The van der Waals surface area contributed by atoms with Crippen molar-refractivity contribution in [3.63, 3.8) is 0 Å². The van der Waals surface area contributed by atoms with Crippen LogP contribution in [0.2, 0.25) is 0 Å². The van der Waals surface area contributed by atoms with E-state index in [1.54, 1.807) is 6.20 Å². The molecule has 0 amide bonds.